The molecule has 19 heavy (non-hydrogen) atoms. The first kappa shape index (κ1) is 16.1. The van der Waals surface area contributed by atoms with Gasteiger partial charge in [0.1, 0.15) is 16.4 Å². The number of aromatic nitrogens is 2. The molecule has 0 saturated carbocycles. The molecule has 0 aliphatic rings. The lowest BCUT2D eigenvalue weighted by Gasteiger charge is -2.09. The van der Waals surface area contributed by atoms with E-state index in [2.05, 4.69) is 9.97 Å². The number of aromatic carboxylic acids is 1. The summed E-state index contributed by atoms with van der Waals surface area (Å²) in [7, 11) is 0. The number of carbonyl (C=O) groups is 1. The van der Waals surface area contributed by atoms with E-state index >= 15 is 0 Å². The fourth-order valence-corrected chi connectivity index (χ4v) is 3.00. The predicted octanol–water partition coefficient (Wildman–Crippen LogP) is 3.14. The fraction of sp³-hybridized carbons (Fsp3) is 0.500. The highest BCUT2D eigenvalue weighted by Crippen LogP contribution is 2.32. The Labute approximate surface area is 116 Å². The molecular formula is C10H11F3N2O2S2. The van der Waals surface area contributed by atoms with Gasteiger partial charge < -0.3 is 5.11 Å². The summed E-state index contributed by atoms with van der Waals surface area (Å²) >= 11 is 0.855. The second-order valence-corrected chi connectivity index (χ2v) is 5.73. The maximum absolute atomic E-state index is 12.0. The van der Waals surface area contributed by atoms with E-state index in [4.69, 9.17) is 5.11 Å². The number of thioether (sulfide) groups is 2. The highest BCUT2D eigenvalue weighted by atomic mass is 32.2. The van der Waals surface area contributed by atoms with E-state index in [9.17, 15) is 18.0 Å². The minimum absolute atomic E-state index is 0.0485. The van der Waals surface area contributed by atoms with Crippen molar-refractivity contribution in [2.75, 3.05) is 11.5 Å². The van der Waals surface area contributed by atoms with Crippen LogP contribution >= 0.6 is 23.5 Å². The van der Waals surface area contributed by atoms with Crippen molar-refractivity contribution in [3.63, 3.8) is 0 Å². The molecule has 0 amide bonds. The molecule has 9 heteroatoms. The number of rotatable bonds is 5. The first-order chi connectivity index (χ1) is 8.70. The molecule has 1 aromatic rings. The van der Waals surface area contributed by atoms with Crippen molar-refractivity contribution in [2.24, 2.45) is 0 Å². The monoisotopic (exact) mass is 312 g/mol. The molecule has 0 atom stereocenters. The van der Waals surface area contributed by atoms with Crippen molar-refractivity contribution in [3.05, 3.63) is 17.1 Å². The number of carboxylic acids is 1. The molecule has 0 bridgehead atoms. The minimum atomic E-state index is -4.27. The van der Waals surface area contributed by atoms with Gasteiger partial charge in [0.2, 0.25) is 0 Å². The third-order valence-corrected chi connectivity index (χ3v) is 3.94. The van der Waals surface area contributed by atoms with Gasteiger partial charge in [0.25, 0.3) is 0 Å². The van der Waals surface area contributed by atoms with E-state index in [0.717, 1.165) is 11.8 Å². The summed E-state index contributed by atoms with van der Waals surface area (Å²) in [5, 5.41) is 9.25. The summed E-state index contributed by atoms with van der Waals surface area (Å²) in [5.74, 6) is -0.813. The second-order valence-electron chi connectivity index (χ2n) is 3.48. The summed E-state index contributed by atoms with van der Waals surface area (Å²) in [6, 6.07) is 0. The Bertz CT molecular complexity index is 481. The smallest absolute Gasteiger partial charge is 0.441 e. The molecule has 0 spiro atoms. The second kappa shape index (κ2) is 6.47. The normalized spacial score (nSPS) is 11.6. The van der Waals surface area contributed by atoms with Crippen LogP contribution in [0.25, 0.3) is 0 Å². The maximum Gasteiger partial charge on any atom is 0.441 e. The Morgan fingerprint density at radius 2 is 1.89 bits per heavy atom. The van der Waals surface area contributed by atoms with E-state index in [1.807, 2.05) is 0 Å². The average molecular weight is 312 g/mol. The SMILES string of the molecule is Cc1nc(C)c(C(=O)O)c(SCCSC(F)(F)F)n1. The van der Waals surface area contributed by atoms with Crippen LogP contribution in [0.4, 0.5) is 13.2 Å². The zero-order valence-electron chi connectivity index (χ0n) is 10.1. The number of hydrogen-bond acceptors (Lipinski definition) is 5. The molecule has 0 fully saturated rings. The van der Waals surface area contributed by atoms with Gasteiger partial charge >= 0.3 is 11.5 Å². The number of carboxylic acid groups (broad SMARTS) is 1. The van der Waals surface area contributed by atoms with Gasteiger partial charge in [-0.3, -0.25) is 0 Å². The zero-order chi connectivity index (χ0) is 14.6. The average Bonchev–Trinajstić information content (AvgIpc) is 2.21. The van der Waals surface area contributed by atoms with Crippen LogP contribution in [0.3, 0.4) is 0 Å². The van der Waals surface area contributed by atoms with Crippen LogP contribution in [0.1, 0.15) is 21.9 Å². The van der Waals surface area contributed by atoms with Crippen molar-refractivity contribution in [1.29, 1.82) is 0 Å². The molecule has 0 aliphatic heterocycles. The van der Waals surface area contributed by atoms with Gasteiger partial charge in [0.15, 0.2) is 0 Å². The number of halogens is 3. The van der Waals surface area contributed by atoms with Gasteiger partial charge in [0, 0.05) is 11.5 Å². The van der Waals surface area contributed by atoms with E-state index in [1.54, 1.807) is 6.92 Å². The Morgan fingerprint density at radius 3 is 2.42 bits per heavy atom. The van der Waals surface area contributed by atoms with Gasteiger partial charge in [0.05, 0.1) is 5.69 Å². The highest BCUT2D eigenvalue weighted by Gasteiger charge is 2.27. The van der Waals surface area contributed by atoms with Crippen LogP contribution in [-0.2, 0) is 0 Å². The standard InChI is InChI=1S/C10H11F3N2O2S2/c1-5-7(9(16)17)8(15-6(2)14-5)18-3-4-19-10(11,12)13/h3-4H2,1-2H3,(H,16,17). The van der Waals surface area contributed by atoms with Gasteiger partial charge in [-0.05, 0) is 13.8 Å². The molecule has 106 valence electrons. The molecule has 1 heterocycles. The molecular weight excluding hydrogens is 301 g/mol. The van der Waals surface area contributed by atoms with Crippen LogP contribution in [0, 0.1) is 13.8 Å². The summed E-state index contributed by atoms with van der Waals surface area (Å²) in [5.41, 5.74) is -4.01. The van der Waals surface area contributed by atoms with Crippen LogP contribution in [0.5, 0.6) is 0 Å². The molecule has 0 aromatic carbocycles. The van der Waals surface area contributed by atoms with Gasteiger partial charge in [-0.1, -0.05) is 11.8 Å². The van der Waals surface area contributed by atoms with Crippen LogP contribution < -0.4 is 0 Å². The highest BCUT2D eigenvalue weighted by molar-refractivity contribution is 8.03. The summed E-state index contributed by atoms with van der Waals surface area (Å²) < 4.78 is 35.9. The van der Waals surface area contributed by atoms with Crippen molar-refractivity contribution in [1.82, 2.24) is 9.97 Å². The van der Waals surface area contributed by atoms with Gasteiger partial charge in [-0.25, -0.2) is 14.8 Å². The summed E-state index contributed by atoms with van der Waals surface area (Å²) in [4.78, 5) is 19.0. The molecule has 1 rings (SSSR count). The fourth-order valence-electron chi connectivity index (χ4n) is 1.33. The lowest BCUT2D eigenvalue weighted by molar-refractivity contribution is -0.0326. The Kier molecular flexibility index (Phi) is 5.48. The quantitative estimate of drug-likeness (QED) is 0.512. The van der Waals surface area contributed by atoms with Crippen LogP contribution in [-0.4, -0.2) is 38.1 Å². The lowest BCUT2D eigenvalue weighted by Crippen LogP contribution is -2.09. The van der Waals surface area contributed by atoms with Gasteiger partial charge in [-0.2, -0.15) is 13.2 Å². The lowest BCUT2D eigenvalue weighted by atomic mass is 10.2. The van der Waals surface area contributed by atoms with E-state index in [0.29, 0.717) is 11.5 Å². The predicted molar refractivity (Wildman–Crippen MR) is 67.7 cm³/mol. The van der Waals surface area contributed by atoms with Crippen LogP contribution in [0.2, 0.25) is 0 Å². The number of nitrogens with zero attached hydrogens (tertiary/aromatic N) is 2. The third kappa shape index (κ3) is 5.27. The Morgan fingerprint density at radius 1 is 1.26 bits per heavy atom. The summed E-state index contributed by atoms with van der Waals surface area (Å²) in [6.07, 6.45) is 0. The van der Waals surface area contributed by atoms with Crippen molar-refractivity contribution in [3.8, 4) is 0 Å². The molecule has 1 N–H and O–H groups in total. The van der Waals surface area contributed by atoms with Gasteiger partial charge in [-0.15, -0.1) is 11.8 Å². The largest absolute Gasteiger partial charge is 0.478 e. The van der Waals surface area contributed by atoms with Crippen LogP contribution in [0.15, 0.2) is 5.03 Å². The van der Waals surface area contributed by atoms with E-state index < -0.39 is 11.5 Å². The van der Waals surface area contributed by atoms with Crippen molar-refractivity contribution >= 4 is 29.5 Å². The third-order valence-electron chi connectivity index (χ3n) is 1.97. The zero-order valence-corrected chi connectivity index (χ0v) is 11.7. The molecule has 0 unspecified atom stereocenters. The maximum atomic E-state index is 12.0. The number of alkyl halides is 3. The molecule has 0 aliphatic carbocycles. The minimum Gasteiger partial charge on any atom is -0.478 e. The first-order valence-corrected chi connectivity index (χ1v) is 7.10. The Hall–Kier alpha value is -0.960. The molecule has 1 aromatic heterocycles. The van der Waals surface area contributed by atoms with Crippen molar-refractivity contribution in [2.45, 2.75) is 24.4 Å². The first-order valence-electron chi connectivity index (χ1n) is 5.12. The van der Waals surface area contributed by atoms with Crippen molar-refractivity contribution < 1.29 is 23.1 Å². The molecule has 0 radical (unpaired) electrons. The number of hydrogen-bond donors (Lipinski definition) is 1. The topological polar surface area (TPSA) is 63.1 Å². The van der Waals surface area contributed by atoms with E-state index in [-0.39, 0.29) is 33.9 Å². The Balaban J connectivity index is 2.75. The molecule has 4 nitrogen and oxygen atoms in total. The summed E-state index contributed by atoms with van der Waals surface area (Å²) in [6.45, 7) is 3.14. The number of aryl methyl sites for hydroxylation is 2. The van der Waals surface area contributed by atoms with E-state index in [1.165, 1.54) is 6.92 Å². The molecule has 0 saturated heterocycles.